The summed E-state index contributed by atoms with van der Waals surface area (Å²) < 4.78 is 4.83. The highest BCUT2D eigenvalue weighted by molar-refractivity contribution is 5.94. The predicted molar refractivity (Wildman–Crippen MR) is 68.7 cm³/mol. The Kier molecular flexibility index (Phi) is 8.73. The highest BCUT2D eigenvalue weighted by Crippen LogP contribution is 1.99. The highest BCUT2D eigenvalue weighted by Gasteiger charge is 2.12. The third-order valence-corrected chi connectivity index (χ3v) is 2.35. The Morgan fingerprint density at radius 1 is 1.15 bits per heavy atom. The van der Waals surface area contributed by atoms with Gasteiger partial charge in [-0.25, -0.2) is 0 Å². The maximum Gasteiger partial charge on any atom is 0.315 e. The van der Waals surface area contributed by atoms with E-state index in [1.165, 1.54) is 7.05 Å². The van der Waals surface area contributed by atoms with Crippen LogP contribution in [0.15, 0.2) is 0 Å². The van der Waals surface area contributed by atoms with Gasteiger partial charge in [-0.3, -0.25) is 19.2 Å². The molecule has 0 rings (SSSR count). The van der Waals surface area contributed by atoms with Gasteiger partial charge in [0.25, 0.3) is 0 Å². The van der Waals surface area contributed by atoms with Crippen molar-refractivity contribution in [1.29, 1.82) is 0 Å². The molecule has 20 heavy (non-hydrogen) atoms. The monoisotopic (exact) mass is 288 g/mol. The van der Waals surface area contributed by atoms with E-state index in [0.717, 1.165) is 0 Å². The molecule has 8 heteroatoms. The standard InChI is InChI=1S/C12H20N2O6/c1-8(14-10(16)6-11(17)18)4-3-5-20-12(19)7-9(15)13-2/h8H,3-7H2,1-2H3,(H,13,15)(H,14,16)(H,17,18). The van der Waals surface area contributed by atoms with Crippen LogP contribution < -0.4 is 10.6 Å². The summed E-state index contributed by atoms with van der Waals surface area (Å²) in [6.45, 7) is 1.88. The first-order chi connectivity index (χ1) is 9.35. The average molecular weight is 288 g/mol. The number of carbonyl (C=O) groups excluding carboxylic acids is 3. The fraction of sp³-hybridized carbons (Fsp3) is 0.667. The Labute approximate surface area is 116 Å². The molecule has 0 aliphatic carbocycles. The van der Waals surface area contributed by atoms with Crippen LogP contribution in [0.25, 0.3) is 0 Å². The number of amides is 2. The molecule has 0 saturated carbocycles. The molecule has 3 N–H and O–H groups in total. The number of aliphatic carboxylic acids is 1. The summed E-state index contributed by atoms with van der Waals surface area (Å²) in [6, 6.07) is -0.209. The number of carbonyl (C=O) groups is 4. The first-order valence-electron chi connectivity index (χ1n) is 6.22. The first-order valence-corrected chi connectivity index (χ1v) is 6.22. The van der Waals surface area contributed by atoms with Crippen molar-refractivity contribution in [2.45, 2.75) is 38.6 Å². The lowest BCUT2D eigenvalue weighted by Crippen LogP contribution is -2.34. The van der Waals surface area contributed by atoms with E-state index in [1.54, 1.807) is 6.92 Å². The van der Waals surface area contributed by atoms with Gasteiger partial charge in [0.1, 0.15) is 12.8 Å². The molecule has 0 aliphatic heterocycles. The molecule has 0 bridgehead atoms. The molecule has 0 aromatic heterocycles. The van der Waals surface area contributed by atoms with Crippen LogP contribution in [0.3, 0.4) is 0 Å². The molecule has 114 valence electrons. The van der Waals surface area contributed by atoms with Gasteiger partial charge in [-0.05, 0) is 19.8 Å². The summed E-state index contributed by atoms with van der Waals surface area (Å²) in [5.74, 6) is -2.75. The molecule has 0 aliphatic rings. The smallest absolute Gasteiger partial charge is 0.315 e. The van der Waals surface area contributed by atoms with Crippen molar-refractivity contribution in [3.05, 3.63) is 0 Å². The second kappa shape index (κ2) is 9.76. The molecule has 0 fully saturated rings. The Hall–Kier alpha value is -2.12. The molecule has 1 unspecified atom stereocenters. The minimum Gasteiger partial charge on any atom is -0.481 e. The van der Waals surface area contributed by atoms with Crippen molar-refractivity contribution >= 4 is 23.8 Å². The second-order valence-corrected chi connectivity index (χ2v) is 4.25. The summed E-state index contributed by atoms with van der Waals surface area (Å²) in [5.41, 5.74) is 0. The van der Waals surface area contributed by atoms with Gasteiger partial charge in [0, 0.05) is 13.1 Å². The van der Waals surface area contributed by atoms with E-state index in [2.05, 4.69) is 10.6 Å². The van der Waals surface area contributed by atoms with Crippen LogP contribution in [0.2, 0.25) is 0 Å². The number of hydrogen-bond acceptors (Lipinski definition) is 5. The zero-order chi connectivity index (χ0) is 15.5. The molecule has 0 saturated heterocycles. The van der Waals surface area contributed by atoms with Crippen LogP contribution in [0.1, 0.15) is 32.6 Å². The lowest BCUT2D eigenvalue weighted by molar-refractivity contribution is -0.147. The number of rotatable bonds is 9. The first kappa shape index (κ1) is 17.9. The molecule has 8 nitrogen and oxygen atoms in total. The number of hydrogen-bond donors (Lipinski definition) is 3. The number of nitrogens with one attached hydrogen (secondary N) is 2. The Balaban J connectivity index is 3.69. The third kappa shape index (κ3) is 9.86. The van der Waals surface area contributed by atoms with Crippen LogP contribution in [0.4, 0.5) is 0 Å². The molecule has 1 atom stereocenters. The van der Waals surface area contributed by atoms with E-state index in [4.69, 9.17) is 9.84 Å². The molecular weight excluding hydrogens is 268 g/mol. The normalized spacial score (nSPS) is 11.3. The van der Waals surface area contributed by atoms with E-state index in [9.17, 15) is 19.2 Å². The van der Waals surface area contributed by atoms with Crippen LogP contribution in [-0.4, -0.2) is 48.6 Å². The number of carboxylic acid groups (broad SMARTS) is 1. The molecule has 0 aromatic rings. The van der Waals surface area contributed by atoms with Crippen molar-refractivity contribution in [2.24, 2.45) is 0 Å². The molecule has 0 radical (unpaired) electrons. The maximum atomic E-state index is 11.1. The zero-order valence-corrected chi connectivity index (χ0v) is 11.6. The van der Waals surface area contributed by atoms with Crippen molar-refractivity contribution in [3.63, 3.8) is 0 Å². The van der Waals surface area contributed by atoms with E-state index < -0.39 is 30.2 Å². The summed E-state index contributed by atoms with van der Waals surface area (Å²) >= 11 is 0. The molecule has 2 amide bonds. The van der Waals surface area contributed by atoms with Gasteiger partial charge in [0.15, 0.2) is 0 Å². The minimum absolute atomic E-state index is 0.148. The Bertz CT molecular complexity index is 369. The van der Waals surface area contributed by atoms with Crippen LogP contribution >= 0.6 is 0 Å². The maximum absolute atomic E-state index is 11.1. The second-order valence-electron chi connectivity index (χ2n) is 4.25. The van der Waals surface area contributed by atoms with Gasteiger partial charge >= 0.3 is 11.9 Å². The van der Waals surface area contributed by atoms with E-state index in [0.29, 0.717) is 12.8 Å². The van der Waals surface area contributed by atoms with Gasteiger partial charge < -0.3 is 20.5 Å². The quantitative estimate of drug-likeness (QED) is 0.296. The summed E-state index contributed by atoms with van der Waals surface area (Å²) in [6.07, 6.45) is 0.166. The van der Waals surface area contributed by atoms with Gasteiger partial charge in [-0.1, -0.05) is 0 Å². The molecule has 0 aromatic carbocycles. The van der Waals surface area contributed by atoms with E-state index in [1.807, 2.05) is 0 Å². The van der Waals surface area contributed by atoms with Gasteiger partial charge in [-0.15, -0.1) is 0 Å². The lowest BCUT2D eigenvalue weighted by Gasteiger charge is -2.13. The number of carboxylic acids is 1. The van der Waals surface area contributed by atoms with Crippen molar-refractivity contribution in [2.75, 3.05) is 13.7 Å². The van der Waals surface area contributed by atoms with Crippen molar-refractivity contribution < 1.29 is 29.0 Å². The molecular formula is C12H20N2O6. The number of ether oxygens (including phenoxy) is 1. The van der Waals surface area contributed by atoms with Crippen LogP contribution in [0.5, 0.6) is 0 Å². The van der Waals surface area contributed by atoms with Crippen molar-refractivity contribution in [1.82, 2.24) is 10.6 Å². The topological polar surface area (TPSA) is 122 Å². The summed E-state index contributed by atoms with van der Waals surface area (Å²) in [7, 11) is 1.43. The molecule has 0 spiro atoms. The largest absolute Gasteiger partial charge is 0.481 e. The fourth-order valence-electron chi connectivity index (χ4n) is 1.38. The summed E-state index contributed by atoms with van der Waals surface area (Å²) in [4.78, 5) is 43.4. The average Bonchev–Trinajstić information content (AvgIpc) is 2.33. The third-order valence-electron chi connectivity index (χ3n) is 2.35. The predicted octanol–water partition coefficient (Wildman–Crippen LogP) is -0.575. The van der Waals surface area contributed by atoms with Gasteiger partial charge in [-0.2, -0.15) is 0 Å². The Morgan fingerprint density at radius 3 is 2.35 bits per heavy atom. The lowest BCUT2D eigenvalue weighted by atomic mass is 10.2. The van der Waals surface area contributed by atoms with Crippen LogP contribution in [0, 0.1) is 0 Å². The van der Waals surface area contributed by atoms with E-state index in [-0.39, 0.29) is 19.1 Å². The summed E-state index contributed by atoms with van der Waals surface area (Å²) in [5, 5.41) is 13.2. The van der Waals surface area contributed by atoms with Crippen LogP contribution in [-0.2, 0) is 23.9 Å². The Morgan fingerprint density at radius 2 is 1.80 bits per heavy atom. The number of esters is 1. The SMILES string of the molecule is CNC(=O)CC(=O)OCCCC(C)NC(=O)CC(=O)O. The zero-order valence-electron chi connectivity index (χ0n) is 11.6. The van der Waals surface area contributed by atoms with Gasteiger partial charge in [0.05, 0.1) is 6.61 Å². The van der Waals surface area contributed by atoms with Crippen molar-refractivity contribution in [3.8, 4) is 0 Å². The highest BCUT2D eigenvalue weighted by atomic mass is 16.5. The van der Waals surface area contributed by atoms with E-state index >= 15 is 0 Å². The minimum atomic E-state index is -1.18. The molecule has 0 heterocycles. The fourth-order valence-corrected chi connectivity index (χ4v) is 1.38. The van der Waals surface area contributed by atoms with Gasteiger partial charge in [0.2, 0.25) is 11.8 Å².